The lowest BCUT2D eigenvalue weighted by molar-refractivity contribution is 0.398. The van der Waals surface area contributed by atoms with Crippen LogP contribution in [0.3, 0.4) is 0 Å². The van der Waals surface area contributed by atoms with Gasteiger partial charge in [0.25, 0.3) is 0 Å². The van der Waals surface area contributed by atoms with Crippen molar-refractivity contribution in [1.29, 1.82) is 0 Å². The lowest BCUT2D eigenvalue weighted by Crippen LogP contribution is -2.01. The van der Waals surface area contributed by atoms with Crippen molar-refractivity contribution in [2.24, 2.45) is 0 Å². The van der Waals surface area contributed by atoms with Gasteiger partial charge < -0.3 is 10.1 Å². The first-order valence-electron chi connectivity index (χ1n) is 8.32. The van der Waals surface area contributed by atoms with E-state index in [0.717, 1.165) is 22.5 Å². The summed E-state index contributed by atoms with van der Waals surface area (Å²) in [5.74, 6) is 1.06. The molecule has 1 aromatic carbocycles. The number of nitrogens with one attached hydrogen (secondary N) is 1. The summed E-state index contributed by atoms with van der Waals surface area (Å²) in [7, 11) is 1.58. The molecule has 0 bridgehead atoms. The molecular formula is C19H17N7O. The van der Waals surface area contributed by atoms with Crippen molar-refractivity contribution >= 4 is 11.6 Å². The van der Waals surface area contributed by atoms with Crippen molar-refractivity contribution < 1.29 is 4.74 Å². The second-order valence-corrected chi connectivity index (χ2v) is 5.77. The maximum absolute atomic E-state index is 5.06. The van der Waals surface area contributed by atoms with Crippen LogP contribution in [0, 0.1) is 0 Å². The smallest absolute Gasteiger partial charge is 0.227 e. The van der Waals surface area contributed by atoms with Crippen LogP contribution in [0.15, 0.2) is 67.5 Å². The molecule has 4 rings (SSSR count). The Balaban J connectivity index is 1.54. The lowest BCUT2D eigenvalue weighted by atomic mass is 10.1. The van der Waals surface area contributed by atoms with E-state index in [0.29, 0.717) is 18.4 Å². The van der Waals surface area contributed by atoms with Crippen LogP contribution in [0.2, 0.25) is 0 Å². The summed E-state index contributed by atoms with van der Waals surface area (Å²) in [6.07, 6.45) is 6.63. The van der Waals surface area contributed by atoms with E-state index < -0.39 is 0 Å². The monoisotopic (exact) mass is 359 g/mol. The summed E-state index contributed by atoms with van der Waals surface area (Å²) in [6, 6.07) is 13.7. The molecule has 0 atom stereocenters. The van der Waals surface area contributed by atoms with Gasteiger partial charge in [0.1, 0.15) is 12.7 Å². The molecule has 8 heteroatoms. The third-order valence-corrected chi connectivity index (χ3v) is 3.89. The fourth-order valence-corrected chi connectivity index (χ4v) is 2.61. The number of hydrogen-bond donors (Lipinski definition) is 1. The molecule has 4 aromatic rings. The van der Waals surface area contributed by atoms with Gasteiger partial charge in [-0.15, -0.1) is 0 Å². The van der Waals surface area contributed by atoms with Gasteiger partial charge in [0.2, 0.25) is 11.8 Å². The van der Waals surface area contributed by atoms with Gasteiger partial charge in [-0.25, -0.2) is 24.6 Å². The highest BCUT2D eigenvalue weighted by molar-refractivity contribution is 5.62. The zero-order valence-corrected chi connectivity index (χ0v) is 14.6. The average Bonchev–Trinajstić information content (AvgIpc) is 3.22. The predicted octanol–water partition coefficient (Wildman–Crippen LogP) is 2.93. The van der Waals surface area contributed by atoms with Crippen LogP contribution in [0.4, 0.5) is 11.6 Å². The molecule has 0 saturated carbocycles. The van der Waals surface area contributed by atoms with Gasteiger partial charge >= 0.3 is 0 Å². The van der Waals surface area contributed by atoms with Crippen molar-refractivity contribution in [1.82, 2.24) is 29.7 Å². The van der Waals surface area contributed by atoms with Crippen molar-refractivity contribution in [2.45, 2.75) is 6.54 Å². The van der Waals surface area contributed by atoms with Crippen LogP contribution in [-0.4, -0.2) is 36.8 Å². The van der Waals surface area contributed by atoms with Gasteiger partial charge in [-0.05, 0) is 23.8 Å². The summed E-state index contributed by atoms with van der Waals surface area (Å²) in [5, 5.41) is 7.30. The molecule has 134 valence electrons. The average molecular weight is 359 g/mol. The zero-order chi connectivity index (χ0) is 18.5. The minimum Gasteiger partial charge on any atom is -0.481 e. The van der Waals surface area contributed by atoms with Crippen molar-refractivity contribution in [2.75, 3.05) is 12.4 Å². The van der Waals surface area contributed by atoms with E-state index in [1.165, 1.54) is 6.33 Å². The van der Waals surface area contributed by atoms with Crippen molar-refractivity contribution in [3.63, 3.8) is 0 Å². The highest BCUT2D eigenvalue weighted by Gasteiger charge is 2.05. The van der Waals surface area contributed by atoms with Crippen LogP contribution in [-0.2, 0) is 6.54 Å². The van der Waals surface area contributed by atoms with Crippen LogP contribution in [0.5, 0.6) is 5.88 Å². The summed E-state index contributed by atoms with van der Waals surface area (Å²) >= 11 is 0. The number of pyridine rings is 1. The first kappa shape index (κ1) is 16.6. The Morgan fingerprint density at radius 2 is 2.07 bits per heavy atom. The Hall–Kier alpha value is -3.81. The lowest BCUT2D eigenvalue weighted by Gasteiger charge is -2.08. The third-order valence-electron chi connectivity index (χ3n) is 3.89. The number of benzene rings is 1. The number of aromatic nitrogens is 6. The fourth-order valence-electron chi connectivity index (χ4n) is 2.61. The SMILES string of the molecule is COc1ccc(Nc2nccc(-c3cccc(Cn4cncn4)c3)n2)cn1. The van der Waals surface area contributed by atoms with Gasteiger partial charge in [-0.3, -0.25) is 0 Å². The number of nitrogens with zero attached hydrogens (tertiary/aromatic N) is 6. The number of rotatable bonds is 6. The van der Waals surface area contributed by atoms with Crippen LogP contribution >= 0.6 is 0 Å². The quantitative estimate of drug-likeness (QED) is 0.566. The van der Waals surface area contributed by atoms with E-state index in [4.69, 9.17) is 4.74 Å². The Bertz CT molecular complexity index is 1020. The molecule has 0 unspecified atom stereocenters. The first-order valence-corrected chi connectivity index (χ1v) is 8.32. The molecule has 0 spiro atoms. The summed E-state index contributed by atoms with van der Waals surface area (Å²) in [6.45, 7) is 0.654. The molecule has 0 aliphatic rings. The topological polar surface area (TPSA) is 90.6 Å². The summed E-state index contributed by atoms with van der Waals surface area (Å²) in [5.41, 5.74) is 3.73. The second-order valence-electron chi connectivity index (χ2n) is 5.77. The van der Waals surface area contributed by atoms with Crippen LogP contribution < -0.4 is 10.1 Å². The number of anilines is 2. The van der Waals surface area contributed by atoms with E-state index in [9.17, 15) is 0 Å². The fraction of sp³-hybridized carbons (Fsp3) is 0.105. The first-order chi connectivity index (χ1) is 13.3. The maximum atomic E-state index is 5.06. The van der Waals surface area contributed by atoms with Gasteiger partial charge in [-0.1, -0.05) is 18.2 Å². The summed E-state index contributed by atoms with van der Waals surface area (Å²) < 4.78 is 6.85. The van der Waals surface area contributed by atoms with E-state index >= 15 is 0 Å². The highest BCUT2D eigenvalue weighted by Crippen LogP contribution is 2.21. The molecule has 0 amide bonds. The van der Waals surface area contributed by atoms with E-state index in [2.05, 4.69) is 42.5 Å². The Labute approximate surface area is 155 Å². The molecule has 8 nitrogen and oxygen atoms in total. The number of ether oxygens (including phenoxy) is 1. The molecule has 0 aliphatic heterocycles. The third kappa shape index (κ3) is 4.06. The van der Waals surface area contributed by atoms with Crippen LogP contribution in [0.25, 0.3) is 11.3 Å². The van der Waals surface area contributed by atoms with E-state index in [-0.39, 0.29) is 0 Å². The van der Waals surface area contributed by atoms with Gasteiger partial charge in [0, 0.05) is 17.8 Å². The standard InChI is InChI=1S/C19H17N7O/c1-27-18-6-5-16(10-22-18)24-19-21-8-7-17(25-19)15-4-2-3-14(9-15)11-26-13-20-12-23-26/h2-10,12-13H,11H2,1H3,(H,21,24,25). The zero-order valence-electron chi connectivity index (χ0n) is 14.6. The molecule has 0 fully saturated rings. The van der Waals surface area contributed by atoms with Gasteiger partial charge in [0.15, 0.2) is 0 Å². The molecular weight excluding hydrogens is 342 g/mol. The molecule has 1 N–H and O–H groups in total. The Morgan fingerprint density at radius 1 is 1.11 bits per heavy atom. The number of methoxy groups -OCH3 is 1. The van der Waals surface area contributed by atoms with Gasteiger partial charge in [0.05, 0.1) is 31.2 Å². The predicted molar refractivity (Wildman–Crippen MR) is 101 cm³/mol. The Morgan fingerprint density at radius 3 is 2.85 bits per heavy atom. The minimum absolute atomic E-state index is 0.501. The molecule has 27 heavy (non-hydrogen) atoms. The largest absolute Gasteiger partial charge is 0.481 e. The summed E-state index contributed by atoms with van der Waals surface area (Å²) in [4.78, 5) is 17.0. The second kappa shape index (κ2) is 7.61. The maximum Gasteiger partial charge on any atom is 0.227 e. The molecule has 0 saturated heterocycles. The molecule has 0 aliphatic carbocycles. The van der Waals surface area contributed by atoms with E-state index in [1.54, 1.807) is 36.6 Å². The minimum atomic E-state index is 0.501. The van der Waals surface area contributed by atoms with Crippen molar-refractivity contribution in [3.8, 4) is 17.1 Å². The number of hydrogen-bond acceptors (Lipinski definition) is 7. The van der Waals surface area contributed by atoms with Crippen molar-refractivity contribution in [3.05, 3.63) is 73.1 Å². The van der Waals surface area contributed by atoms with E-state index in [1.807, 2.05) is 24.3 Å². The van der Waals surface area contributed by atoms with Gasteiger partial charge in [-0.2, -0.15) is 5.10 Å². The van der Waals surface area contributed by atoms with Crippen LogP contribution in [0.1, 0.15) is 5.56 Å². The molecule has 3 heterocycles. The highest BCUT2D eigenvalue weighted by atomic mass is 16.5. The Kier molecular flexibility index (Phi) is 4.69. The normalized spacial score (nSPS) is 10.6. The molecule has 3 aromatic heterocycles. The molecule has 0 radical (unpaired) electrons.